The Morgan fingerprint density at radius 2 is 1.83 bits per heavy atom. The predicted octanol–water partition coefficient (Wildman–Crippen LogP) is 1.99. The zero-order chi connectivity index (χ0) is 13.1. The number of rotatable bonds is 3. The zero-order valence-corrected chi connectivity index (χ0v) is 10.8. The normalized spacial score (nSPS) is 25.0. The van der Waals surface area contributed by atoms with Crippen molar-refractivity contribution in [2.75, 3.05) is 13.1 Å². The number of benzene rings is 1. The summed E-state index contributed by atoms with van der Waals surface area (Å²) in [5.41, 5.74) is 1.48. The van der Waals surface area contributed by atoms with Crippen molar-refractivity contribution in [3.05, 3.63) is 35.4 Å². The van der Waals surface area contributed by atoms with E-state index in [1.165, 1.54) is 0 Å². The smallest absolute Gasteiger partial charge is 0.335 e. The van der Waals surface area contributed by atoms with Gasteiger partial charge in [-0.05, 0) is 31.5 Å². The Morgan fingerprint density at radius 1 is 1.28 bits per heavy atom. The summed E-state index contributed by atoms with van der Waals surface area (Å²) in [4.78, 5) is 13.1. The Kier molecular flexibility index (Phi) is 3.99. The first-order valence-corrected chi connectivity index (χ1v) is 6.24. The minimum Gasteiger partial charge on any atom is -0.478 e. The molecular formula is C14H19NO3. The van der Waals surface area contributed by atoms with Gasteiger partial charge in [-0.25, -0.2) is 4.79 Å². The number of morpholine rings is 1. The van der Waals surface area contributed by atoms with Gasteiger partial charge in [0, 0.05) is 19.6 Å². The Labute approximate surface area is 107 Å². The first kappa shape index (κ1) is 13.1. The van der Waals surface area contributed by atoms with E-state index in [0.29, 0.717) is 5.56 Å². The van der Waals surface area contributed by atoms with Crippen LogP contribution in [0.25, 0.3) is 0 Å². The summed E-state index contributed by atoms with van der Waals surface area (Å²) in [5.74, 6) is -0.879. The van der Waals surface area contributed by atoms with Gasteiger partial charge in [0.2, 0.25) is 0 Å². The first-order valence-electron chi connectivity index (χ1n) is 6.24. The fourth-order valence-electron chi connectivity index (χ4n) is 2.42. The molecule has 0 saturated carbocycles. The van der Waals surface area contributed by atoms with Crippen LogP contribution < -0.4 is 0 Å². The second-order valence-corrected chi connectivity index (χ2v) is 4.95. The summed E-state index contributed by atoms with van der Waals surface area (Å²) >= 11 is 0. The maximum absolute atomic E-state index is 10.8. The lowest BCUT2D eigenvalue weighted by molar-refractivity contribution is -0.0704. The second kappa shape index (κ2) is 5.50. The van der Waals surface area contributed by atoms with E-state index in [1.807, 2.05) is 12.1 Å². The molecule has 4 heteroatoms. The average molecular weight is 249 g/mol. The molecule has 98 valence electrons. The van der Waals surface area contributed by atoms with Crippen molar-refractivity contribution in [3.63, 3.8) is 0 Å². The van der Waals surface area contributed by atoms with Crippen molar-refractivity contribution >= 4 is 5.97 Å². The van der Waals surface area contributed by atoms with E-state index in [2.05, 4.69) is 18.7 Å². The number of aromatic carboxylic acids is 1. The van der Waals surface area contributed by atoms with Crippen molar-refractivity contribution in [2.45, 2.75) is 32.6 Å². The molecule has 0 aliphatic carbocycles. The Bertz CT molecular complexity index is 406. The SMILES string of the molecule is CC1CN(Cc2ccc(C(=O)O)cc2)CC(C)O1. The fourth-order valence-corrected chi connectivity index (χ4v) is 2.42. The number of carboxylic acid groups (broad SMARTS) is 1. The molecule has 1 aliphatic rings. The molecule has 2 rings (SSSR count). The van der Waals surface area contributed by atoms with Gasteiger partial charge in [-0.15, -0.1) is 0 Å². The number of hydrogen-bond donors (Lipinski definition) is 1. The largest absolute Gasteiger partial charge is 0.478 e. The molecule has 2 unspecified atom stereocenters. The van der Waals surface area contributed by atoms with Crippen molar-refractivity contribution in [2.24, 2.45) is 0 Å². The number of hydrogen-bond acceptors (Lipinski definition) is 3. The molecule has 1 fully saturated rings. The molecule has 4 nitrogen and oxygen atoms in total. The highest BCUT2D eigenvalue weighted by Crippen LogP contribution is 2.14. The van der Waals surface area contributed by atoms with E-state index in [0.717, 1.165) is 25.2 Å². The quantitative estimate of drug-likeness (QED) is 0.890. The Balaban J connectivity index is 1.98. The predicted molar refractivity (Wildman–Crippen MR) is 68.7 cm³/mol. The molecule has 0 amide bonds. The van der Waals surface area contributed by atoms with Gasteiger partial charge in [0.05, 0.1) is 17.8 Å². The van der Waals surface area contributed by atoms with E-state index in [1.54, 1.807) is 12.1 Å². The van der Waals surface area contributed by atoms with Crippen LogP contribution in [0.2, 0.25) is 0 Å². The molecule has 1 aromatic rings. The Hall–Kier alpha value is -1.39. The Morgan fingerprint density at radius 3 is 2.33 bits per heavy atom. The molecule has 1 heterocycles. The van der Waals surface area contributed by atoms with Gasteiger partial charge in [0.25, 0.3) is 0 Å². The minimum atomic E-state index is -0.879. The third-order valence-corrected chi connectivity index (χ3v) is 3.10. The average Bonchev–Trinajstić information content (AvgIpc) is 2.28. The summed E-state index contributed by atoms with van der Waals surface area (Å²) in [6, 6.07) is 7.08. The van der Waals surface area contributed by atoms with E-state index < -0.39 is 5.97 Å². The second-order valence-electron chi connectivity index (χ2n) is 4.95. The highest BCUT2D eigenvalue weighted by Gasteiger charge is 2.21. The molecule has 1 N–H and O–H groups in total. The van der Waals surface area contributed by atoms with Crippen LogP contribution in [0.1, 0.15) is 29.8 Å². The van der Waals surface area contributed by atoms with Crippen LogP contribution in [-0.4, -0.2) is 41.3 Å². The molecule has 18 heavy (non-hydrogen) atoms. The van der Waals surface area contributed by atoms with Gasteiger partial charge in [-0.3, -0.25) is 4.90 Å². The molecule has 2 atom stereocenters. The summed E-state index contributed by atoms with van der Waals surface area (Å²) < 4.78 is 5.69. The van der Waals surface area contributed by atoms with Gasteiger partial charge < -0.3 is 9.84 Å². The highest BCUT2D eigenvalue weighted by atomic mass is 16.5. The lowest BCUT2D eigenvalue weighted by Gasteiger charge is -2.35. The third kappa shape index (κ3) is 3.31. The van der Waals surface area contributed by atoms with Crippen molar-refractivity contribution < 1.29 is 14.6 Å². The lowest BCUT2D eigenvalue weighted by atomic mass is 10.1. The molecular weight excluding hydrogens is 230 g/mol. The van der Waals surface area contributed by atoms with E-state index in [4.69, 9.17) is 9.84 Å². The molecule has 1 saturated heterocycles. The highest BCUT2D eigenvalue weighted by molar-refractivity contribution is 5.87. The van der Waals surface area contributed by atoms with Crippen LogP contribution in [0.4, 0.5) is 0 Å². The van der Waals surface area contributed by atoms with Crippen LogP contribution in [-0.2, 0) is 11.3 Å². The van der Waals surface area contributed by atoms with Crippen molar-refractivity contribution in [3.8, 4) is 0 Å². The van der Waals surface area contributed by atoms with Gasteiger partial charge in [0.1, 0.15) is 0 Å². The maximum atomic E-state index is 10.8. The first-order chi connectivity index (χ1) is 8.54. The number of ether oxygens (including phenoxy) is 1. The standard InChI is InChI=1S/C14H19NO3/c1-10-7-15(8-11(2)18-10)9-12-3-5-13(6-4-12)14(16)17/h3-6,10-11H,7-9H2,1-2H3,(H,16,17). The molecule has 0 radical (unpaired) electrons. The van der Waals surface area contributed by atoms with E-state index in [-0.39, 0.29) is 12.2 Å². The van der Waals surface area contributed by atoms with Crippen LogP contribution in [0.15, 0.2) is 24.3 Å². The monoisotopic (exact) mass is 249 g/mol. The van der Waals surface area contributed by atoms with E-state index in [9.17, 15) is 4.79 Å². The van der Waals surface area contributed by atoms with Crippen LogP contribution >= 0.6 is 0 Å². The molecule has 1 aliphatic heterocycles. The van der Waals surface area contributed by atoms with Crippen molar-refractivity contribution in [1.82, 2.24) is 4.90 Å². The molecule has 0 bridgehead atoms. The molecule has 1 aromatic carbocycles. The van der Waals surface area contributed by atoms with Gasteiger partial charge in [-0.2, -0.15) is 0 Å². The lowest BCUT2D eigenvalue weighted by Crippen LogP contribution is -2.44. The maximum Gasteiger partial charge on any atom is 0.335 e. The van der Waals surface area contributed by atoms with Crippen LogP contribution in [0.5, 0.6) is 0 Å². The van der Waals surface area contributed by atoms with Crippen LogP contribution in [0, 0.1) is 0 Å². The fraction of sp³-hybridized carbons (Fsp3) is 0.500. The zero-order valence-electron chi connectivity index (χ0n) is 10.8. The molecule has 0 aromatic heterocycles. The van der Waals surface area contributed by atoms with Gasteiger partial charge >= 0.3 is 5.97 Å². The summed E-state index contributed by atoms with van der Waals surface area (Å²) in [5, 5.41) is 8.84. The summed E-state index contributed by atoms with van der Waals surface area (Å²) in [7, 11) is 0. The van der Waals surface area contributed by atoms with Crippen LogP contribution in [0.3, 0.4) is 0 Å². The van der Waals surface area contributed by atoms with Gasteiger partial charge in [-0.1, -0.05) is 12.1 Å². The molecule has 0 spiro atoms. The minimum absolute atomic E-state index is 0.257. The summed E-state index contributed by atoms with van der Waals surface area (Å²) in [6.45, 7) is 6.85. The van der Waals surface area contributed by atoms with Crippen molar-refractivity contribution in [1.29, 1.82) is 0 Å². The van der Waals surface area contributed by atoms with Gasteiger partial charge in [0.15, 0.2) is 0 Å². The number of carbonyl (C=O) groups is 1. The number of nitrogens with zero attached hydrogens (tertiary/aromatic N) is 1. The summed E-state index contributed by atoms with van der Waals surface area (Å²) in [6.07, 6.45) is 0.513. The van der Waals surface area contributed by atoms with E-state index >= 15 is 0 Å². The topological polar surface area (TPSA) is 49.8 Å². The third-order valence-electron chi connectivity index (χ3n) is 3.10. The number of carboxylic acids is 1.